The molecule has 0 bridgehead atoms. The predicted molar refractivity (Wildman–Crippen MR) is 74.2 cm³/mol. The van der Waals surface area contributed by atoms with Gasteiger partial charge in [0, 0.05) is 0 Å². The van der Waals surface area contributed by atoms with Gasteiger partial charge in [-0.05, 0) is 43.7 Å². The Morgan fingerprint density at radius 3 is 2.78 bits per heavy atom. The Hall–Kier alpha value is -0.870. The Bertz CT molecular complexity index is 510. The number of rotatable bonds is 4. The first-order chi connectivity index (χ1) is 8.50. The van der Waals surface area contributed by atoms with Crippen molar-refractivity contribution in [3.8, 4) is 0 Å². The van der Waals surface area contributed by atoms with E-state index in [0.717, 1.165) is 12.8 Å². The van der Waals surface area contributed by atoms with Crippen LogP contribution in [-0.2, 0) is 16.3 Å². The Kier molecular flexibility index (Phi) is 4.07. The fourth-order valence-corrected chi connectivity index (χ4v) is 4.70. The Morgan fingerprint density at radius 2 is 2.22 bits per heavy atom. The highest BCUT2D eigenvalue weighted by molar-refractivity contribution is 7.91. The summed E-state index contributed by atoms with van der Waals surface area (Å²) in [4.78, 5) is 0. The quantitative estimate of drug-likeness (QED) is 0.900. The summed E-state index contributed by atoms with van der Waals surface area (Å²) in [6.07, 6.45) is 1.66. The molecule has 100 valence electrons. The summed E-state index contributed by atoms with van der Waals surface area (Å²) in [5.41, 5.74) is 8.33. The van der Waals surface area contributed by atoms with Crippen LogP contribution in [0.2, 0.25) is 0 Å². The molecule has 0 amide bonds. The second-order valence-electron chi connectivity index (χ2n) is 5.35. The molecule has 1 aliphatic heterocycles. The number of hydrogen-bond acceptors (Lipinski definition) is 3. The highest BCUT2D eigenvalue weighted by Crippen LogP contribution is 2.28. The molecule has 0 aromatic heterocycles. The van der Waals surface area contributed by atoms with Crippen LogP contribution in [0, 0.1) is 18.8 Å². The number of nitrogens with two attached hydrogens (primary N) is 1. The maximum Gasteiger partial charge on any atom is 0.150 e. The van der Waals surface area contributed by atoms with Gasteiger partial charge in [0.25, 0.3) is 0 Å². The fraction of sp³-hybridized carbons (Fsp3) is 0.571. The number of sulfone groups is 1. The van der Waals surface area contributed by atoms with E-state index in [2.05, 4.69) is 25.1 Å². The van der Waals surface area contributed by atoms with Gasteiger partial charge in [-0.1, -0.05) is 29.8 Å². The smallest absolute Gasteiger partial charge is 0.150 e. The van der Waals surface area contributed by atoms with Gasteiger partial charge in [-0.3, -0.25) is 0 Å². The van der Waals surface area contributed by atoms with Gasteiger partial charge in [0.1, 0.15) is 0 Å². The molecule has 3 nitrogen and oxygen atoms in total. The Labute approximate surface area is 109 Å². The van der Waals surface area contributed by atoms with Crippen molar-refractivity contribution in [2.45, 2.75) is 19.8 Å². The van der Waals surface area contributed by atoms with Crippen molar-refractivity contribution in [2.75, 3.05) is 18.1 Å². The van der Waals surface area contributed by atoms with Gasteiger partial charge in [-0.25, -0.2) is 8.42 Å². The summed E-state index contributed by atoms with van der Waals surface area (Å²) in [5, 5.41) is 0. The van der Waals surface area contributed by atoms with Crippen molar-refractivity contribution in [1.82, 2.24) is 0 Å². The maximum absolute atomic E-state index is 11.5. The highest BCUT2D eigenvalue weighted by Gasteiger charge is 2.32. The third kappa shape index (κ3) is 3.33. The molecule has 1 aromatic rings. The first-order valence-corrected chi connectivity index (χ1v) is 8.28. The van der Waals surface area contributed by atoms with E-state index in [0.29, 0.717) is 18.1 Å². The first kappa shape index (κ1) is 13.6. The molecular formula is C14H21NO2S. The molecule has 1 fully saturated rings. The molecule has 2 N–H and O–H groups in total. The molecular weight excluding hydrogens is 246 g/mol. The summed E-state index contributed by atoms with van der Waals surface area (Å²) in [7, 11) is -2.81. The van der Waals surface area contributed by atoms with E-state index < -0.39 is 9.84 Å². The lowest BCUT2D eigenvalue weighted by Gasteiger charge is -2.21. The number of aryl methyl sites for hydroxylation is 1. The third-order valence-electron chi connectivity index (χ3n) is 3.82. The van der Waals surface area contributed by atoms with E-state index in [-0.39, 0.29) is 11.8 Å². The van der Waals surface area contributed by atoms with Crippen molar-refractivity contribution < 1.29 is 8.42 Å². The van der Waals surface area contributed by atoms with Gasteiger partial charge in [-0.2, -0.15) is 0 Å². The third-order valence-corrected chi connectivity index (χ3v) is 5.61. The van der Waals surface area contributed by atoms with Gasteiger partial charge >= 0.3 is 0 Å². The summed E-state index contributed by atoms with van der Waals surface area (Å²) in [6.45, 7) is 2.63. The van der Waals surface area contributed by atoms with Crippen LogP contribution in [0.15, 0.2) is 24.3 Å². The number of hydrogen-bond donors (Lipinski definition) is 1. The molecule has 4 heteroatoms. The SMILES string of the molecule is Cc1cccc(CC(CN)C2CCS(=O)(=O)C2)c1. The van der Waals surface area contributed by atoms with E-state index in [1.807, 2.05) is 6.07 Å². The van der Waals surface area contributed by atoms with Crippen LogP contribution in [-0.4, -0.2) is 26.5 Å². The van der Waals surface area contributed by atoms with E-state index >= 15 is 0 Å². The van der Waals surface area contributed by atoms with Crippen LogP contribution in [0.25, 0.3) is 0 Å². The molecule has 1 aliphatic rings. The summed E-state index contributed by atoms with van der Waals surface area (Å²) < 4.78 is 23.1. The minimum absolute atomic E-state index is 0.237. The van der Waals surface area contributed by atoms with Crippen LogP contribution in [0.3, 0.4) is 0 Å². The van der Waals surface area contributed by atoms with E-state index in [4.69, 9.17) is 5.73 Å². The molecule has 18 heavy (non-hydrogen) atoms. The zero-order valence-electron chi connectivity index (χ0n) is 10.8. The fourth-order valence-electron chi connectivity index (χ4n) is 2.78. The van der Waals surface area contributed by atoms with Crippen molar-refractivity contribution in [3.63, 3.8) is 0 Å². The van der Waals surface area contributed by atoms with Gasteiger partial charge < -0.3 is 5.73 Å². The standard InChI is InChI=1S/C14H21NO2S/c1-11-3-2-4-12(7-11)8-14(9-15)13-5-6-18(16,17)10-13/h2-4,7,13-14H,5-6,8-10,15H2,1H3. The van der Waals surface area contributed by atoms with Crippen LogP contribution in [0.1, 0.15) is 17.5 Å². The van der Waals surface area contributed by atoms with Crippen molar-refractivity contribution in [1.29, 1.82) is 0 Å². The second kappa shape index (κ2) is 5.41. The Balaban J connectivity index is 2.06. The number of benzene rings is 1. The van der Waals surface area contributed by atoms with Crippen LogP contribution in [0.4, 0.5) is 0 Å². The van der Waals surface area contributed by atoms with Crippen molar-refractivity contribution in [2.24, 2.45) is 17.6 Å². The molecule has 1 saturated heterocycles. The van der Waals surface area contributed by atoms with Gasteiger partial charge in [0.05, 0.1) is 11.5 Å². The van der Waals surface area contributed by atoms with E-state index in [1.54, 1.807) is 0 Å². The predicted octanol–water partition coefficient (Wildman–Crippen LogP) is 1.55. The Morgan fingerprint density at radius 1 is 1.44 bits per heavy atom. The average Bonchev–Trinajstić information content (AvgIpc) is 2.66. The van der Waals surface area contributed by atoms with Gasteiger partial charge in [0.2, 0.25) is 0 Å². The molecule has 0 aliphatic carbocycles. The zero-order chi connectivity index (χ0) is 13.2. The molecule has 2 unspecified atom stereocenters. The van der Waals surface area contributed by atoms with Crippen molar-refractivity contribution >= 4 is 9.84 Å². The largest absolute Gasteiger partial charge is 0.330 e. The minimum atomic E-state index is -2.81. The molecule has 2 atom stereocenters. The highest BCUT2D eigenvalue weighted by atomic mass is 32.2. The topological polar surface area (TPSA) is 60.2 Å². The summed E-state index contributed by atoms with van der Waals surface area (Å²) in [5.74, 6) is 1.17. The first-order valence-electron chi connectivity index (χ1n) is 6.46. The van der Waals surface area contributed by atoms with Crippen LogP contribution >= 0.6 is 0 Å². The van der Waals surface area contributed by atoms with Crippen LogP contribution in [0.5, 0.6) is 0 Å². The summed E-state index contributed by atoms with van der Waals surface area (Å²) in [6, 6.07) is 8.37. The van der Waals surface area contributed by atoms with Crippen molar-refractivity contribution in [3.05, 3.63) is 35.4 Å². The van der Waals surface area contributed by atoms with Gasteiger partial charge in [0.15, 0.2) is 9.84 Å². The van der Waals surface area contributed by atoms with Crippen LogP contribution < -0.4 is 5.73 Å². The lowest BCUT2D eigenvalue weighted by molar-refractivity contribution is 0.370. The zero-order valence-corrected chi connectivity index (χ0v) is 11.6. The minimum Gasteiger partial charge on any atom is -0.330 e. The molecule has 0 saturated carbocycles. The normalized spacial score (nSPS) is 24.0. The second-order valence-corrected chi connectivity index (χ2v) is 7.58. The maximum atomic E-state index is 11.5. The van der Waals surface area contributed by atoms with Gasteiger partial charge in [-0.15, -0.1) is 0 Å². The lowest BCUT2D eigenvalue weighted by atomic mass is 9.86. The molecule has 0 radical (unpaired) electrons. The molecule has 1 aromatic carbocycles. The summed E-state index contributed by atoms with van der Waals surface area (Å²) >= 11 is 0. The molecule has 0 spiro atoms. The van der Waals surface area contributed by atoms with E-state index in [9.17, 15) is 8.42 Å². The lowest BCUT2D eigenvalue weighted by Crippen LogP contribution is -2.26. The average molecular weight is 267 g/mol. The van der Waals surface area contributed by atoms with E-state index in [1.165, 1.54) is 11.1 Å². The molecule has 1 heterocycles. The monoisotopic (exact) mass is 267 g/mol. The molecule has 2 rings (SSSR count).